The Labute approximate surface area is 101 Å². The normalized spacial score (nSPS) is 35.4. The predicted molar refractivity (Wildman–Crippen MR) is 69.6 cm³/mol. The summed E-state index contributed by atoms with van der Waals surface area (Å²) >= 11 is 0. The minimum absolute atomic E-state index is 0.635. The van der Waals surface area contributed by atoms with E-state index in [0.29, 0.717) is 5.41 Å². The van der Waals surface area contributed by atoms with Crippen molar-refractivity contribution in [3.8, 4) is 0 Å². The monoisotopic (exact) mass is 224 g/mol. The van der Waals surface area contributed by atoms with Crippen molar-refractivity contribution in [1.82, 2.24) is 10.2 Å². The number of likely N-dealkylation sites (tertiary alicyclic amines) is 1. The second-order valence-electron chi connectivity index (χ2n) is 6.36. The molecule has 2 saturated heterocycles. The Morgan fingerprint density at radius 3 is 2.44 bits per heavy atom. The SMILES string of the molecule is CCC1(C)CCN(C[C@@H]2CNC[C@H]2C)CC1. The highest BCUT2D eigenvalue weighted by atomic mass is 15.1. The zero-order chi connectivity index (χ0) is 11.6. The van der Waals surface area contributed by atoms with Crippen LogP contribution >= 0.6 is 0 Å². The van der Waals surface area contributed by atoms with Gasteiger partial charge in [-0.2, -0.15) is 0 Å². The Hall–Kier alpha value is -0.0800. The molecule has 0 bridgehead atoms. The summed E-state index contributed by atoms with van der Waals surface area (Å²) in [5.74, 6) is 1.77. The van der Waals surface area contributed by atoms with Crippen molar-refractivity contribution < 1.29 is 0 Å². The first-order valence-electron chi connectivity index (χ1n) is 7.06. The number of rotatable bonds is 3. The Balaban J connectivity index is 1.77. The van der Waals surface area contributed by atoms with Gasteiger partial charge >= 0.3 is 0 Å². The highest BCUT2D eigenvalue weighted by molar-refractivity contribution is 4.85. The second-order valence-corrected chi connectivity index (χ2v) is 6.36. The van der Waals surface area contributed by atoms with Crippen LogP contribution in [0.4, 0.5) is 0 Å². The average Bonchev–Trinajstić information content (AvgIpc) is 2.68. The fourth-order valence-electron chi connectivity index (χ4n) is 3.07. The van der Waals surface area contributed by atoms with Gasteiger partial charge in [-0.05, 0) is 56.3 Å². The molecule has 16 heavy (non-hydrogen) atoms. The van der Waals surface area contributed by atoms with Crippen LogP contribution in [-0.2, 0) is 0 Å². The molecule has 2 nitrogen and oxygen atoms in total. The van der Waals surface area contributed by atoms with E-state index in [-0.39, 0.29) is 0 Å². The molecule has 2 heterocycles. The van der Waals surface area contributed by atoms with Gasteiger partial charge in [0.1, 0.15) is 0 Å². The first kappa shape index (κ1) is 12.4. The standard InChI is InChI=1S/C14H28N2/c1-4-14(3)5-7-16(8-6-14)11-13-10-15-9-12(13)2/h12-13,15H,4-11H2,1-3H3/t12-,13+/m1/s1. The maximum atomic E-state index is 3.51. The topological polar surface area (TPSA) is 15.3 Å². The first-order chi connectivity index (χ1) is 7.63. The fraction of sp³-hybridized carbons (Fsp3) is 1.00. The highest BCUT2D eigenvalue weighted by Gasteiger charge is 2.31. The minimum atomic E-state index is 0.635. The summed E-state index contributed by atoms with van der Waals surface area (Å²) in [7, 11) is 0. The number of piperidine rings is 1. The summed E-state index contributed by atoms with van der Waals surface area (Å²) < 4.78 is 0. The van der Waals surface area contributed by atoms with E-state index in [4.69, 9.17) is 0 Å². The third-order valence-electron chi connectivity index (χ3n) is 5.09. The van der Waals surface area contributed by atoms with Crippen LogP contribution in [0.2, 0.25) is 0 Å². The lowest BCUT2D eigenvalue weighted by Crippen LogP contribution is -2.41. The predicted octanol–water partition coefficient (Wildman–Crippen LogP) is 2.35. The van der Waals surface area contributed by atoms with Crippen LogP contribution in [0.25, 0.3) is 0 Å². The summed E-state index contributed by atoms with van der Waals surface area (Å²) in [6, 6.07) is 0. The number of nitrogens with one attached hydrogen (secondary N) is 1. The van der Waals surface area contributed by atoms with Crippen molar-refractivity contribution in [2.45, 2.75) is 40.0 Å². The molecule has 2 atom stereocenters. The van der Waals surface area contributed by atoms with E-state index in [1.807, 2.05) is 0 Å². The van der Waals surface area contributed by atoms with Crippen molar-refractivity contribution in [1.29, 1.82) is 0 Å². The van der Waals surface area contributed by atoms with Crippen molar-refractivity contribution >= 4 is 0 Å². The number of nitrogens with zero attached hydrogens (tertiary/aromatic N) is 1. The lowest BCUT2D eigenvalue weighted by Gasteiger charge is -2.40. The molecular formula is C14H28N2. The Morgan fingerprint density at radius 2 is 1.94 bits per heavy atom. The Morgan fingerprint density at radius 1 is 1.25 bits per heavy atom. The average molecular weight is 224 g/mol. The van der Waals surface area contributed by atoms with Crippen LogP contribution in [0.5, 0.6) is 0 Å². The van der Waals surface area contributed by atoms with E-state index in [9.17, 15) is 0 Å². The van der Waals surface area contributed by atoms with Crippen LogP contribution < -0.4 is 5.32 Å². The number of hydrogen-bond acceptors (Lipinski definition) is 2. The summed E-state index contributed by atoms with van der Waals surface area (Å²) in [6.07, 6.45) is 4.15. The Bertz CT molecular complexity index is 219. The van der Waals surface area contributed by atoms with Gasteiger partial charge in [-0.25, -0.2) is 0 Å². The van der Waals surface area contributed by atoms with Gasteiger partial charge in [0.15, 0.2) is 0 Å². The molecular weight excluding hydrogens is 196 g/mol. The molecule has 2 fully saturated rings. The van der Waals surface area contributed by atoms with Crippen LogP contribution in [-0.4, -0.2) is 37.6 Å². The van der Waals surface area contributed by atoms with Crippen molar-refractivity contribution in [2.24, 2.45) is 17.3 Å². The molecule has 0 saturated carbocycles. The van der Waals surface area contributed by atoms with Crippen molar-refractivity contribution in [3.63, 3.8) is 0 Å². The highest BCUT2D eigenvalue weighted by Crippen LogP contribution is 2.34. The smallest absolute Gasteiger partial charge is 0.00248 e. The molecule has 0 aromatic heterocycles. The first-order valence-corrected chi connectivity index (χ1v) is 7.06. The molecule has 2 rings (SSSR count). The molecule has 2 aliphatic rings. The molecule has 0 radical (unpaired) electrons. The van der Waals surface area contributed by atoms with Crippen molar-refractivity contribution in [2.75, 3.05) is 32.7 Å². The zero-order valence-corrected chi connectivity index (χ0v) is 11.3. The summed E-state index contributed by atoms with van der Waals surface area (Å²) in [5.41, 5.74) is 0.635. The van der Waals surface area contributed by atoms with E-state index in [1.54, 1.807) is 0 Å². The molecule has 0 aliphatic carbocycles. The van der Waals surface area contributed by atoms with Crippen molar-refractivity contribution in [3.05, 3.63) is 0 Å². The molecule has 0 aromatic rings. The van der Waals surface area contributed by atoms with Gasteiger partial charge in [0, 0.05) is 6.54 Å². The summed E-state index contributed by atoms with van der Waals surface area (Å²) in [4.78, 5) is 2.70. The van der Waals surface area contributed by atoms with Gasteiger partial charge in [0.25, 0.3) is 0 Å². The van der Waals surface area contributed by atoms with Gasteiger partial charge in [-0.15, -0.1) is 0 Å². The Kier molecular flexibility index (Phi) is 3.91. The van der Waals surface area contributed by atoms with Gasteiger partial charge in [0.2, 0.25) is 0 Å². The molecule has 2 aliphatic heterocycles. The lowest BCUT2D eigenvalue weighted by atomic mass is 9.78. The van der Waals surface area contributed by atoms with E-state index < -0.39 is 0 Å². The fourth-order valence-corrected chi connectivity index (χ4v) is 3.07. The number of hydrogen-bond donors (Lipinski definition) is 1. The van der Waals surface area contributed by atoms with E-state index in [1.165, 1.54) is 52.0 Å². The second kappa shape index (κ2) is 5.05. The molecule has 0 aromatic carbocycles. The molecule has 0 spiro atoms. The molecule has 94 valence electrons. The van der Waals surface area contributed by atoms with Crippen LogP contribution in [0.15, 0.2) is 0 Å². The quantitative estimate of drug-likeness (QED) is 0.791. The summed E-state index contributed by atoms with van der Waals surface area (Å²) in [6.45, 7) is 13.6. The van der Waals surface area contributed by atoms with Gasteiger partial charge in [0.05, 0.1) is 0 Å². The molecule has 2 heteroatoms. The van der Waals surface area contributed by atoms with Gasteiger partial charge in [-0.1, -0.05) is 27.2 Å². The zero-order valence-electron chi connectivity index (χ0n) is 11.3. The van der Waals surface area contributed by atoms with Crippen LogP contribution in [0.3, 0.4) is 0 Å². The molecule has 0 unspecified atom stereocenters. The van der Waals surface area contributed by atoms with E-state index >= 15 is 0 Å². The molecule has 1 N–H and O–H groups in total. The van der Waals surface area contributed by atoms with Gasteiger partial charge < -0.3 is 10.2 Å². The minimum Gasteiger partial charge on any atom is -0.316 e. The lowest BCUT2D eigenvalue weighted by molar-refractivity contribution is 0.0985. The molecule has 0 amide bonds. The van der Waals surface area contributed by atoms with Gasteiger partial charge in [-0.3, -0.25) is 0 Å². The van der Waals surface area contributed by atoms with E-state index in [0.717, 1.165) is 11.8 Å². The summed E-state index contributed by atoms with van der Waals surface area (Å²) in [5, 5.41) is 3.51. The largest absolute Gasteiger partial charge is 0.316 e. The van der Waals surface area contributed by atoms with Crippen LogP contribution in [0, 0.1) is 17.3 Å². The van der Waals surface area contributed by atoms with E-state index in [2.05, 4.69) is 31.0 Å². The third-order valence-corrected chi connectivity index (χ3v) is 5.09. The maximum absolute atomic E-state index is 3.51. The third kappa shape index (κ3) is 2.78. The maximum Gasteiger partial charge on any atom is 0.00248 e. The van der Waals surface area contributed by atoms with Crippen LogP contribution in [0.1, 0.15) is 40.0 Å².